The van der Waals surface area contributed by atoms with Crippen LogP contribution in [0.5, 0.6) is 17.2 Å². The SMILES string of the molecule is Fc1ccc(Oc2ccc(OC[C@H]3CCCN3)cc2)cc1. The van der Waals surface area contributed by atoms with E-state index in [0.717, 1.165) is 12.3 Å². The van der Waals surface area contributed by atoms with Crippen LogP contribution < -0.4 is 14.8 Å². The maximum absolute atomic E-state index is 12.8. The van der Waals surface area contributed by atoms with E-state index in [1.165, 1.54) is 25.0 Å². The molecule has 110 valence electrons. The summed E-state index contributed by atoms with van der Waals surface area (Å²) in [4.78, 5) is 0. The number of rotatable bonds is 5. The van der Waals surface area contributed by atoms with Gasteiger partial charge in [-0.25, -0.2) is 4.39 Å². The normalized spacial score (nSPS) is 17.7. The molecule has 1 aliphatic heterocycles. The summed E-state index contributed by atoms with van der Waals surface area (Å²) in [6.45, 7) is 1.77. The van der Waals surface area contributed by atoms with E-state index in [4.69, 9.17) is 9.47 Å². The van der Waals surface area contributed by atoms with Crippen molar-refractivity contribution in [3.8, 4) is 17.2 Å². The molecule has 0 amide bonds. The third-order valence-electron chi connectivity index (χ3n) is 3.49. The molecule has 0 bridgehead atoms. The van der Waals surface area contributed by atoms with Gasteiger partial charge in [-0.15, -0.1) is 0 Å². The second-order valence-electron chi connectivity index (χ2n) is 5.13. The zero-order valence-electron chi connectivity index (χ0n) is 11.7. The maximum atomic E-state index is 12.8. The molecule has 4 heteroatoms. The van der Waals surface area contributed by atoms with Gasteiger partial charge in [0.05, 0.1) is 0 Å². The molecule has 1 atom stereocenters. The first kappa shape index (κ1) is 13.9. The number of hydrogen-bond donors (Lipinski definition) is 1. The van der Waals surface area contributed by atoms with Crippen molar-refractivity contribution < 1.29 is 13.9 Å². The number of benzene rings is 2. The van der Waals surface area contributed by atoms with Crippen molar-refractivity contribution in [3.05, 3.63) is 54.3 Å². The van der Waals surface area contributed by atoms with Crippen molar-refractivity contribution in [2.75, 3.05) is 13.2 Å². The summed E-state index contributed by atoms with van der Waals surface area (Å²) >= 11 is 0. The Morgan fingerprint density at radius 1 is 0.952 bits per heavy atom. The lowest BCUT2D eigenvalue weighted by Gasteiger charge is -2.12. The van der Waals surface area contributed by atoms with E-state index in [1.54, 1.807) is 12.1 Å². The minimum atomic E-state index is -0.272. The van der Waals surface area contributed by atoms with Crippen LogP contribution in [0.15, 0.2) is 48.5 Å². The highest BCUT2D eigenvalue weighted by Crippen LogP contribution is 2.24. The maximum Gasteiger partial charge on any atom is 0.127 e. The van der Waals surface area contributed by atoms with E-state index in [9.17, 15) is 4.39 Å². The smallest absolute Gasteiger partial charge is 0.127 e. The Balaban J connectivity index is 1.54. The van der Waals surface area contributed by atoms with Gasteiger partial charge in [0.1, 0.15) is 29.7 Å². The lowest BCUT2D eigenvalue weighted by Crippen LogP contribution is -2.28. The molecule has 0 unspecified atom stereocenters. The lowest BCUT2D eigenvalue weighted by atomic mass is 10.2. The second kappa shape index (κ2) is 6.59. The first-order valence-electron chi connectivity index (χ1n) is 7.19. The Labute approximate surface area is 123 Å². The average Bonchev–Trinajstić information content (AvgIpc) is 3.02. The zero-order valence-corrected chi connectivity index (χ0v) is 11.7. The molecule has 1 saturated heterocycles. The van der Waals surface area contributed by atoms with E-state index >= 15 is 0 Å². The summed E-state index contributed by atoms with van der Waals surface area (Å²) < 4.78 is 24.2. The van der Waals surface area contributed by atoms with Gasteiger partial charge in [-0.2, -0.15) is 0 Å². The molecule has 1 N–H and O–H groups in total. The van der Waals surface area contributed by atoms with Crippen molar-refractivity contribution in [1.29, 1.82) is 0 Å². The van der Waals surface area contributed by atoms with Crippen molar-refractivity contribution in [3.63, 3.8) is 0 Å². The lowest BCUT2D eigenvalue weighted by molar-refractivity contribution is 0.277. The molecule has 0 aromatic heterocycles. The Hall–Kier alpha value is -2.07. The Kier molecular flexibility index (Phi) is 4.36. The van der Waals surface area contributed by atoms with Crippen LogP contribution in [0.3, 0.4) is 0 Å². The van der Waals surface area contributed by atoms with Gasteiger partial charge in [0.25, 0.3) is 0 Å². The van der Waals surface area contributed by atoms with Crippen LogP contribution in [0, 0.1) is 5.82 Å². The van der Waals surface area contributed by atoms with Gasteiger partial charge in [-0.3, -0.25) is 0 Å². The van der Waals surface area contributed by atoms with Gasteiger partial charge < -0.3 is 14.8 Å². The van der Waals surface area contributed by atoms with E-state index in [0.29, 0.717) is 24.1 Å². The molecule has 2 aromatic rings. The van der Waals surface area contributed by atoms with Gasteiger partial charge in [0.2, 0.25) is 0 Å². The monoisotopic (exact) mass is 287 g/mol. The molecule has 21 heavy (non-hydrogen) atoms. The van der Waals surface area contributed by atoms with Gasteiger partial charge in [0, 0.05) is 6.04 Å². The standard InChI is InChI=1S/C17H18FNO2/c18-13-3-5-16(6-4-13)21-17-9-7-15(8-10-17)20-12-14-2-1-11-19-14/h3-10,14,19H,1-2,11-12H2/t14-/m1/s1. The summed E-state index contributed by atoms with van der Waals surface area (Å²) in [5.74, 6) is 1.87. The van der Waals surface area contributed by atoms with E-state index in [-0.39, 0.29) is 5.82 Å². The molecule has 3 rings (SSSR count). The highest BCUT2D eigenvalue weighted by Gasteiger charge is 2.14. The fourth-order valence-electron chi connectivity index (χ4n) is 2.34. The van der Waals surface area contributed by atoms with Crippen LogP contribution in [0.4, 0.5) is 4.39 Å². The molecule has 1 aliphatic rings. The van der Waals surface area contributed by atoms with E-state index in [2.05, 4.69) is 5.32 Å². The fraction of sp³-hybridized carbons (Fsp3) is 0.294. The molecule has 0 saturated carbocycles. The summed E-state index contributed by atoms with van der Waals surface area (Å²) in [5.41, 5.74) is 0. The van der Waals surface area contributed by atoms with E-state index < -0.39 is 0 Å². The Bertz CT molecular complexity index is 562. The molecule has 1 heterocycles. The summed E-state index contributed by atoms with van der Waals surface area (Å²) in [7, 11) is 0. The predicted octanol–water partition coefficient (Wildman–Crippen LogP) is 3.75. The van der Waals surface area contributed by atoms with Crippen LogP contribution >= 0.6 is 0 Å². The van der Waals surface area contributed by atoms with Gasteiger partial charge >= 0.3 is 0 Å². The predicted molar refractivity (Wildman–Crippen MR) is 79.4 cm³/mol. The van der Waals surface area contributed by atoms with E-state index in [1.807, 2.05) is 24.3 Å². The van der Waals surface area contributed by atoms with Crippen LogP contribution in [0.2, 0.25) is 0 Å². The molecule has 1 fully saturated rings. The topological polar surface area (TPSA) is 30.5 Å². The fourth-order valence-corrected chi connectivity index (χ4v) is 2.34. The molecule has 0 spiro atoms. The second-order valence-corrected chi connectivity index (χ2v) is 5.13. The zero-order chi connectivity index (χ0) is 14.5. The first-order chi connectivity index (χ1) is 10.3. The molecule has 0 radical (unpaired) electrons. The van der Waals surface area contributed by atoms with Crippen LogP contribution in [0.25, 0.3) is 0 Å². The molecule has 3 nitrogen and oxygen atoms in total. The van der Waals surface area contributed by atoms with Gasteiger partial charge in [-0.05, 0) is 67.9 Å². The van der Waals surface area contributed by atoms with Crippen molar-refractivity contribution in [1.82, 2.24) is 5.32 Å². The third-order valence-corrected chi connectivity index (χ3v) is 3.49. The van der Waals surface area contributed by atoms with Crippen LogP contribution in [-0.2, 0) is 0 Å². The molecule has 2 aromatic carbocycles. The summed E-state index contributed by atoms with van der Waals surface area (Å²) in [6.07, 6.45) is 2.39. The summed E-state index contributed by atoms with van der Waals surface area (Å²) in [5, 5.41) is 3.40. The summed E-state index contributed by atoms with van der Waals surface area (Å²) in [6, 6.07) is 13.9. The van der Waals surface area contributed by atoms with Crippen molar-refractivity contribution >= 4 is 0 Å². The number of ether oxygens (including phenoxy) is 2. The van der Waals surface area contributed by atoms with Gasteiger partial charge in [-0.1, -0.05) is 0 Å². The van der Waals surface area contributed by atoms with Crippen molar-refractivity contribution in [2.24, 2.45) is 0 Å². The largest absolute Gasteiger partial charge is 0.492 e. The minimum absolute atomic E-state index is 0.272. The highest BCUT2D eigenvalue weighted by molar-refractivity contribution is 5.35. The van der Waals surface area contributed by atoms with Gasteiger partial charge in [0.15, 0.2) is 0 Å². The quantitative estimate of drug-likeness (QED) is 0.908. The first-order valence-corrected chi connectivity index (χ1v) is 7.19. The number of halogens is 1. The minimum Gasteiger partial charge on any atom is -0.492 e. The molecular weight excluding hydrogens is 269 g/mol. The molecule has 0 aliphatic carbocycles. The van der Waals surface area contributed by atoms with Crippen LogP contribution in [0.1, 0.15) is 12.8 Å². The number of hydrogen-bond acceptors (Lipinski definition) is 3. The third kappa shape index (κ3) is 3.95. The Morgan fingerprint density at radius 2 is 1.57 bits per heavy atom. The molecular formula is C17H18FNO2. The van der Waals surface area contributed by atoms with Crippen LogP contribution in [-0.4, -0.2) is 19.2 Å². The average molecular weight is 287 g/mol. The van der Waals surface area contributed by atoms with Crippen molar-refractivity contribution in [2.45, 2.75) is 18.9 Å². The highest BCUT2D eigenvalue weighted by atomic mass is 19.1. The Morgan fingerprint density at radius 3 is 2.19 bits per heavy atom. The number of nitrogens with one attached hydrogen (secondary N) is 1.